The number of thioether (sulfide) groups is 1. The van der Waals surface area contributed by atoms with Gasteiger partial charge in [0, 0.05) is 0 Å². The Morgan fingerprint density at radius 3 is 2.58 bits per heavy atom. The zero-order valence-corrected chi connectivity index (χ0v) is 13.7. The number of benzene rings is 2. The van der Waals surface area contributed by atoms with Gasteiger partial charge in [0.15, 0.2) is 0 Å². The molecular weight excluding hydrogens is 326 g/mol. The van der Waals surface area contributed by atoms with Gasteiger partial charge in [-0.3, -0.25) is 9.59 Å². The summed E-state index contributed by atoms with van der Waals surface area (Å²) in [6.45, 7) is 2.43. The summed E-state index contributed by atoms with van der Waals surface area (Å²) in [6.07, 6.45) is 1.60. The zero-order valence-electron chi connectivity index (χ0n) is 12.9. The molecule has 1 aliphatic heterocycles. The Morgan fingerprint density at radius 1 is 1.17 bits per heavy atom. The summed E-state index contributed by atoms with van der Waals surface area (Å²) in [5.41, 5.74) is 1.16. The van der Waals surface area contributed by atoms with Crippen LogP contribution >= 0.6 is 11.8 Å². The van der Waals surface area contributed by atoms with Gasteiger partial charge in [-0.05, 0) is 66.7 Å². The quantitative estimate of drug-likeness (QED) is 0.851. The molecule has 0 aliphatic carbocycles. The van der Waals surface area contributed by atoms with Gasteiger partial charge < -0.3 is 9.84 Å². The number of carbonyl (C=O) groups excluding carboxylic acids is 2. The summed E-state index contributed by atoms with van der Waals surface area (Å²) in [4.78, 5) is 26.2. The Balaban J connectivity index is 1.86. The Labute approximate surface area is 143 Å². The van der Waals surface area contributed by atoms with Crippen LogP contribution in [0.15, 0.2) is 53.4 Å². The van der Waals surface area contributed by atoms with Crippen molar-refractivity contribution in [3.05, 3.63) is 59.0 Å². The van der Waals surface area contributed by atoms with E-state index in [9.17, 15) is 14.7 Å². The first kappa shape index (κ1) is 16.1. The monoisotopic (exact) mass is 341 g/mol. The number of amides is 2. The molecule has 0 spiro atoms. The highest BCUT2D eigenvalue weighted by atomic mass is 32.2. The Hall–Kier alpha value is -2.73. The van der Waals surface area contributed by atoms with Crippen molar-refractivity contribution in [1.82, 2.24) is 0 Å². The standard InChI is InChI=1S/C18H15NO4S/c1-2-23-15-8-6-13(7-9-15)19-17(21)16(24-18(19)22)11-12-4-3-5-14(20)10-12/h3-11,20H,2H2,1H3/b16-11-. The van der Waals surface area contributed by atoms with Gasteiger partial charge in [-0.25, -0.2) is 4.90 Å². The molecule has 2 aromatic rings. The Morgan fingerprint density at radius 2 is 1.92 bits per heavy atom. The number of hydrogen-bond donors (Lipinski definition) is 1. The molecule has 0 radical (unpaired) electrons. The van der Waals surface area contributed by atoms with Crippen LogP contribution in [0.1, 0.15) is 12.5 Å². The molecule has 0 saturated carbocycles. The number of phenols is 1. The first-order chi connectivity index (χ1) is 11.6. The summed E-state index contributed by atoms with van der Waals surface area (Å²) in [5.74, 6) is 0.413. The fourth-order valence-electron chi connectivity index (χ4n) is 2.31. The highest BCUT2D eigenvalue weighted by Crippen LogP contribution is 2.36. The lowest BCUT2D eigenvalue weighted by Crippen LogP contribution is -2.27. The summed E-state index contributed by atoms with van der Waals surface area (Å²) in [7, 11) is 0. The molecule has 122 valence electrons. The van der Waals surface area contributed by atoms with Gasteiger partial charge in [0.1, 0.15) is 11.5 Å². The van der Waals surface area contributed by atoms with Crippen LogP contribution in [0.2, 0.25) is 0 Å². The molecule has 1 aliphatic rings. The molecule has 3 rings (SSSR count). The van der Waals surface area contributed by atoms with E-state index in [-0.39, 0.29) is 16.9 Å². The smallest absolute Gasteiger partial charge is 0.298 e. The minimum Gasteiger partial charge on any atom is -0.508 e. The van der Waals surface area contributed by atoms with Gasteiger partial charge in [0.05, 0.1) is 17.2 Å². The SMILES string of the molecule is CCOc1ccc(N2C(=O)S/C(=C\c3cccc(O)c3)C2=O)cc1. The molecule has 1 fully saturated rings. The first-order valence-corrected chi connectivity index (χ1v) is 8.20. The molecule has 0 bridgehead atoms. The van der Waals surface area contributed by atoms with Gasteiger partial charge in [0.25, 0.3) is 11.1 Å². The van der Waals surface area contributed by atoms with Crippen LogP contribution in [0, 0.1) is 0 Å². The number of aromatic hydroxyl groups is 1. The maximum atomic E-state index is 12.5. The van der Waals surface area contributed by atoms with E-state index in [1.807, 2.05) is 6.92 Å². The van der Waals surface area contributed by atoms with E-state index in [0.717, 1.165) is 16.7 Å². The summed E-state index contributed by atoms with van der Waals surface area (Å²) < 4.78 is 5.36. The molecule has 2 aromatic carbocycles. The normalized spacial score (nSPS) is 16.0. The summed E-state index contributed by atoms with van der Waals surface area (Å²) in [5, 5.41) is 9.14. The van der Waals surface area contributed by atoms with Crippen molar-refractivity contribution in [2.24, 2.45) is 0 Å². The van der Waals surface area contributed by atoms with Crippen LogP contribution in [0.25, 0.3) is 6.08 Å². The number of phenolic OH excluding ortho intramolecular Hbond substituents is 1. The second-order valence-electron chi connectivity index (χ2n) is 5.04. The lowest BCUT2D eigenvalue weighted by Gasteiger charge is -2.13. The molecule has 24 heavy (non-hydrogen) atoms. The molecule has 0 aromatic heterocycles. The molecule has 5 nitrogen and oxygen atoms in total. The average molecular weight is 341 g/mol. The largest absolute Gasteiger partial charge is 0.508 e. The number of anilines is 1. The number of imide groups is 1. The van der Waals surface area contributed by atoms with Gasteiger partial charge in [0.2, 0.25) is 0 Å². The van der Waals surface area contributed by atoms with Crippen LogP contribution in [-0.4, -0.2) is 22.9 Å². The predicted octanol–water partition coefficient (Wildman–Crippen LogP) is 4.03. The van der Waals surface area contributed by atoms with Crippen molar-refractivity contribution in [3.63, 3.8) is 0 Å². The molecular formula is C18H15NO4S. The van der Waals surface area contributed by atoms with Crippen LogP contribution in [0.3, 0.4) is 0 Å². The molecule has 1 heterocycles. The minimum absolute atomic E-state index is 0.106. The average Bonchev–Trinajstić information content (AvgIpc) is 2.83. The summed E-state index contributed by atoms with van der Waals surface area (Å²) >= 11 is 0.877. The number of carbonyl (C=O) groups is 2. The maximum absolute atomic E-state index is 12.5. The van der Waals surface area contributed by atoms with E-state index in [1.54, 1.807) is 48.5 Å². The predicted molar refractivity (Wildman–Crippen MR) is 94.2 cm³/mol. The van der Waals surface area contributed by atoms with Crippen molar-refractivity contribution in [1.29, 1.82) is 0 Å². The fourth-order valence-corrected chi connectivity index (χ4v) is 3.16. The molecule has 1 saturated heterocycles. The van der Waals surface area contributed by atoms with Crippen molar-refractivity contribution >= 4 is 34.7 Å². The Bertz CT molecular complexity index is 814. The summed E-state index contributed by atoms with van der Waals surface area (Å²) in [6, 6.07) is 13.3. The number of nitrogens with zero attached hydrogens (tertiary/aromatic N) is 1. The van der Waals surface area contributed by atoms with Gasteiger partial charge in [-0.2, -0.15) is 0 Å². The Kier molecular flexibility index (Phi) is 4.57. The molecule has 2 amide bonds. The number of rotatable bonds is 4. The minimum atomic E-state index is -0.377. The third-order valence-corrected chi connectivity index (χ3v) is 4.24. The van der Waals surface area contributed by atoms with E-state index >= 15 is 0 Å². The second kappa shape index (κ2) is 6.80. The molecule has 0 unspecified atom stereocenters. The van der Waals surface area contributed by atoms with Crippen molar-refractivity contribution in [2.45, 2.75) is 6.92 Å². The topological polar surface area (TPSA) is 66.8 Å². The molecule has 6 heteroatoms. The van der Waals surface area contributed by atoms with Gasteiger partial charge >= 0.3 is 0 Å². The van der Waals surface area contributed by atoms with Crippen LogP contribution < -0.4 is 9.64 Å². The van der Waals surface area contributed by atoms with Crippen LogP contribution in [0.4, 0.5) is 10.5 Å². The second-order valence-corrected chi connectivity index (χ2v) is 6.03. The first-order valence-electron chi connectivity index (χ1n) is 7.38. The zero-order chi connectivity index (χ0) is 17.1. The van der Waals surface area contributed by atoms with Gasteiger partial charge in [-0.15, -0.1) is 0 Å². The van der Waals surface area contributed by atoms with Crippen molar-refractivity contribution in [2.75, 3.05) is 11.5 Å². The van der Waals surface area contributed by atoms with E-state index in [2.05, 4.69) is 0 Å². The highest BCUT2D eigenvalue weighted by Gasteiger charge is 2.36. The van der Waals surface area contributed by atoms with E-state index in [4.69, 9.17) is 4.74 Å². The molecule has 1 N–H and O–H groups in total. The fraction of sp³-hybridized carbons (Fsp3) is 0.111. The number of ether oxygens (including phenoxy) is 1. The lowest BCUT2D eigenvalue weighted by molar-refractivity contribution is -0.113. The number of hydrogen-bond acceptors (Lipinski definition) is 5. The van der Waals surface area contributed by atoms with E-state index in [1.165, 1.54) is 6.07 Å². The van der Waals surface area contributed by atoms with Crippen LogP contribution in [0.5, 0.6) is 11.5 Å². The highest BCUT2D eigenvalue weighted by molar-refractivity contribution is 8.19. The van der Waals surface area contributed by atoms with Crippen LogP contribution in [-0.2, 0) is 4.79 Å². The van der Waals surface area contributed by atoms with E-state index in [0.29, 0.717) is 28.5 Å². The van der Waals surface area contributed by atoms with Crippen molar-refractivity contribution < 1.29 is 19.4 Å². The van der Waals surface area contributed by atoms with Gasteiger partial charge in [-0.1, -0.05) is 12.1 Å². The third-order valence-electron chi connectivity index (χ3n) is 3.37. The third kappa shape index (κ3) is 3.28. The maximum Gasteiger partial charge on any atom is 0.298 e. The van der Waals surface area contributed by atoms with E-state index < -0.39 is 0 Å². The molecule has 0 atom stereocenters. The lowest BCUT2D eigenvalue weighted by atomic mass is 10.2. The van der Waals surface area contributed by atoms with Crippen molar-refractivity contribution in [3.8, 4) is 11.5 Å².